The third-order valence-corrected chi connectivity index (χ3v) is 5.98. The molecule has 31 heavy (non-hydrogen) atoms. The van der Waals surface area contributed by atoms with Gasteiger partial charge in [0.25, 0.3) is 0 Å². The molecule has 160 valence electrons. The van der Waals surface area contributed by atoms with Crippen LogP contribution in [0.25, 0.3) is 11.3 Å². The Balaban J connectivity index is 1.94. The Morgan fingerprint density at radius 3 is 2.58 bits per heavy atom. The van der Waals surface area contributed by atoms with Crippen LogP contribution in [-0.4, -0.2) is 27.3 Å². The van der Waals surface area contributed by atoms with Gasteiger partial charge in [-0.3, -0.25) is 9.69 Å². The number of carbonyl (C=O) groups excluding carboxylic acids is 1. The average Bonchev–Trinajstić information content (AvgIpc) is 2.92. The van der Waals surface area contributed by atoms with Gasteiger partial charge in [-0.05, 0) is 35.9 Å². The second kappa shape index (κ2) is 8.85. The van der Waals surface area contributed by atoms with Crippen molar-refractivity contribution in [2.45, 2.75) is 44.5 Å². The van der Waals surface area contributed by atoms with Gasteiger partial charge in [-0.2, -0.15) is 4.98 Å². The summed E-state index contributed by atoms with van der Waals surface area (Å²) >= 11 is 7.67. The molecule has 1 unspecified atom stereocenters. The number of aromatic nitrogens is 3. The molecule has 0 saturated heterocycles. The van der Waals surface area contributed by atoms with Gasteiger partial charge in [-0.1, -0.05) is 68.4 Å². The first-order valence-electron chi connectivity index (χ1n) is 10.1. The SMILES string of the molecule is CCC(=O)N1c2ccc(Cl)cc2-c2nnc(SC)nc2OC1c1ccc(C(C)C)cc1. The summed E-state index contributed by atoms with van der Waals surface area (Å²) in [4.78, 5) is 19.4. The first-order valence-corrected chi connectivity index (χ1v) is 11.7. The Morgan fingerprint density at radius 2 is 1.94 bits per heavy atom. The fourth-order valence-corrected chi connectivity index (χ4v) is 4.00. The molecule has 1 amide bonds. The topological polar surface area (TPSA) is 68.2 Å². The molecule has 0 fully saturated rings. The monoisotopic (exact) mass is 454 g/mol. The number of hydrogen-bond acceptors (Lipinski definition) is 6. The minimum absolute atomic E-state index is 0.0765. The van der Waals surface area contributed by atoms with Crippen molar-refractivity contribution in [2.24, 2.45) is 0 Å². The van der Waals surface area contributed by atoms with Gasteiger partial charge in [0.2, 0.25) is 23.2 Å². The predicted molar refractivity (Wildman–Crippen MR) is 124 cm³/mol. The van der Waals surface area contributed by atoms with Gasteiger partial charge in [0.15, 0.2) is 5.69 Å². The van der Waals surface area contributed by atoms with Crippen LogP contribution in [0.3, 0.4) is 0 Å². The van der Waals surface area contributed by atoms with Crippen molar-refractivity contribution in [1.82, 2.24) is 15.2 Å². The smallest absolute Gasteiger partial charge is 0.247 e. The zero-order chi connectivity index (χ0) is 22.1. The van der Waals surface area contributed by atoms with Gasteiger partial charge in [0.1, 0.15) is 0 Å². The molecule has 0 saturated carbocycles. The van der Waals surface area contributed by atoms with E-state index in [-0.39, 0.29) is 5.91 Å². The van der Waals surface area contributed by atoms with Crippen molar-refractivity contribution in [3.63, 3.8) is 0 Å². The molecule has 1 aliphatic heterocycles. The van der Waals surface area contributed by atoms with Gasteiger partial charge < -0.3 is 4.74 Å². The summed E-state index contributed by atoms with van der Waals surface area (Å²) in [5, 5.41) is 9.56. The maximum absolute atomic E-state index is 13.2. The van der Waals surface area contributed by atoms with Crippen LogP contribution in [0.1, 0.15) is 50.5 Å². The molecular formula is C23H23ClN4O2S. The van der Waals surface area contributed by atoms with E-state index in [2.05, 4.69) is 41.2 Å². The fourth-order valence-electron chi connectivity index (χ4n) is 3.53. The van der Waals surface area contributed by atoms with Crippen molar-refractivity contribution in [1.29, 1.82) is 0 Å². The van der Waals surface area contributed by atoms with Crippen LogP contribution < -0.4 is 9.64 Å². The third-order valence-electron chi connectivity index (χ3n) is 5.21. The van der Waals surface area contributed by atoms with Crippen LogP contribution in [0.15, 0.2) is 47.6 Å². The lowest BCUT2D eigenvalue weighted by Crippen LogP contribution is -2.37. The van der Waals surface area contributed by atoms with E-state index in [1.54, 1.807) is 17.0 Å². The number of carbonyl (C=O) groups is 1. The van der Waals surface area contributed by atoms with Gasteiger partial charge in [0.05, 0.1) is 5.69 Å². The zero-order valence-electron chi connectivity index (χ0n) is 17.8. The van der Waals surface area contributed by atoms with E-state index >= 15 is 0 Å². The van der Waals surface area contributed by atoms with Crippen molar-refractivity contribution in [2.75, 3.05) is 11.2 Å². The largest absolute Gasteiger partial charge is 0.447 e. The number of fused-ring (bicyclic) bond motifs is 3. The summed E-state index contributed by atoms with van der Waals surface area (Å²) in [6, 6.07) is 13.5. The normalized spacial score (nSPS) is 15.2. The van der Waals surface area contributed by atoms with Crippen LogP contribution in [0.4, 0.5) is 5.69 Å². The highest BCUT2D eigenvalue weighted by Crippen LogP contribution is 2.44. The molecule has 4 rings (SSSR count). The highest BCUT2D eigenvalue weighted by Gasteiger charge is 2.35. The van der Waals surface area contributed by atoms with E-state index in [0.717, 1.165) is 5.56 Å². The molecule has 2 aromatic carbocycles. The molecule has 1 aromatic heterocycles. The highest BCUT2D eigenvalue weighted by molar-refractivity contribution is 7.98. The lowest BCUT2D eigenvalue weighted by Gasteiger charge is -2.31. The number of amides is 1. The summed E-state index contributed by atoms with van der Waals surface area (Å²) in [5.74, 6) is 0.654. The summed E-state index contributed by atoms with van der Waals surface area (Å²) < 4.78 is 6.38. The number of halogens is 1. The minimum atomic E-state index is -0.693. The lowest BCUT2D eigenvalue weighted by atomic mass is 10.0. The van der Waals surface area contributed by atoms with E-state index in [9.17, 15) is 4.79 Å². The summed E-state index contributed by atoms with van der Waals surface area (Å²) in [6.45, 7) is 6.12. The molecule has 0 N–H and O–H groups in total. The van der Waals surface area contributed by atoms with Crippen LogP contribution >= 0.6 is 23.4 Å². The first-order chi connectivity index (χ1) is 14.9. The van der Waals surface area contributed by atoms with E-state index in [1.165, 1.54) is 17.3 Å². The number of nitrogens with zero attached hydrogens (tertiary/aromatic N) is 4. The van der Waals surface area contributed by atoms with Crippen molar-refractivity contribution < 1.29 is 9.53 Å². The fraction of sp³-hybridized carbons (Fsp3) is 0.304. The van der Waals surface area contributed by atoms with E-state index < -0.39 is 6.23 Å². The third kappa shape index (κ3) is 4.12. The molecule has 0 spiro atoms. The Kier molecular flexibility index (Phi) is 6.16. The predicted octanol–water partition coefficient (Wildman–Crippen LogP) is 5.87. The Labute approximate surface area is 191 Å². The maximum Gasteiger partial charge on any atom is 0.247 e. The molecule has 6 nitrogen and oxygen atoms in total. The molecule has 0 bridgehead atoms. The van der Waals surface area contributed by atoms with E-state index in [0.29, 0.717) is 45.3 Å². The highest BCUT2D eigenvalue weighted by atomic mass is 35.5. The Morgan fingerprint density at radius 1 is 1.19 bits per heavy atom. The molecule has 1 aliphatic rings. The lowest BCUT2D eigenvalue weighted by molar-refractivity contribution is -0.120. The second-order valence-corrected chi connectivity index (χ2v) is 8.73. The Hall–Kier alpha value is -2.64. The van der Waals surface area contributed by atoms with Crippen LogP contribution in [0, 0.1) is 0 Å². The number of benzene rings is 2. The van der Waals surface area contributed by atoms with Gasteiger partial charge in [-0.15, -0.1) is 10.2 Å². The second-order valence-electron chi connectivity index (χ2n) is 7.52. The Bertz CT molecular complexity index is 1120. The average molecular weight is 455 g/mol. The summed E-state index contributed by atoms with van der Waals surface area (Å²) in [7, 11) is 0. The molecule has 1 atom stereocenters. The summed E-state index contributed by atoms with van der Waals surface area (Å²) in [5.41, 5.74) is 3.86. The van der Waals surface area contributed by atoms with E-state index in [4.69, 9.17) is 16.3 Å². The standard InChI is InChI=1S/C23H23ClN4O2S/c1-5-19(29)28-18-11-10-16(24)12-17(18)20-21(25-23(31-4)27-26-20)30-22(28)15-8-6-14(7-9-15)13(2)3/h6-13,22H,5H2,1-4H3. The number of rotatable bonds is 4. The number of thioether (sulfide) groups is 1. The first kappa shape index (κ1) is 21.6. The zero-order valence-corrected chi connectivity index (χ0v) is 19.4. The minimum Gasteiger partial charge on any atom is -0.447 e. The van der Waals surface area contributed by atoms with Crippen LogP contribution in [0.5, 0.6) is 5.88 Å². The van der Waals surface area contributed by atoms with Gasteiger partial charge in [0, 0.05) is 22.6 Å². The van der Waals surface area contributed by atoms with Gasteiger partial charge >= 0.3 is 0 Å². The van der Waals surface area contributed by atoms with Crippen molar-refractivity contribution >= 4 is 35.0 Å². The molecule has 0 radical (unpaired) electrons. The van der Waals surface area contributed by atoms with Crippen molar-refractivity contribution in [3.05, 3.63) is 58.6 Å². The molecule has 3 aromatic rings. The number of anilines is 1. The van der Waals surface area contributed by atoms with Crippen LogP contribution in [-0.2, 0) is 4.79 Å². The van der Waals surface area contributed by atoms with E-state index in [1.807, 2.05) is 31.4 Å². The molecule has 0 aliphatic carbocycles. The van der Waals surface area contributed by atoms with Gasteiger partial charge in [-0.25, -0.2) is 0 Å². The molecule has 2 heterocycles. The van der Waals surface area contributed by atoms with Crippen molar-refractivity contribution in [3.8, 4) is 17.1 Å². The molecular weight excluding hydrogens is 432 g/mol. The maximum atomic E-state index is 13.2. The molecule has 8 heteroatoms. The number of ether oxygens (including phenoxy) is 1. The summed E-state index contributed by atoms with van der Waals surface area (Å²) in [6.07, 6.45) is 1.50. The quantitative estimate of drug-likeness (QED) is 0.459. The van der Waals surface area contributed by atoms with Crippen LogP contribution in [0.2, 0.25) is 5.02 Å². The number of hydrogen-bond donors (Lipinski definition) is 0.